The van der Waals surface area contributed by atoms with Crippen molar-refractivity contribution >= 4 is 11.9 Å². The second kappa shape index (κ2) is 8.71. The predicted molar refractivity (Wildman–Crippen MR) is 103 cm³/mol. The summed E-state index contributed by atoms with van der Waals surface area (Å²) in [6.45, 7) is 3.32. The Labute approximate surface area is 159 Å². The molecule has 1 N–H and O–H groups in total. The predicted octanol–water partition coefficient (Wildman–Crippen LogP) is 3.42. The quantitative estimate of drug-likeness (QED) is 0.795. The third kappa shape index (κ3) is 4.88. The molecule has 5 nitrogen and oxygen atoms in total. The van der Waals surface area contributed by atoms with E-state index in [2.05, 4.69) is 11.4 Å². The standard InChI is InChI=1S/C22H25NO4/c1-15-7-5-8-16(2)22(15)27-14-21(25)26-13-20(24)23-19-12-6-10-17-9-3-4-11-18(17)19/h3-5,7-9,11,19H,6,10,12-14H2,1-2H3,(H,23,24)/t19-/m1/s1. The molecule has 0 saturated heterocycles. The summed E-state index contributed by atoms with van der Waals surface area (Å²) in [7, 11) is 0. The highest BCUT2D eigenvalue weighted by atomic mass is 16.6. The lowest BCUT2D eigenvalue weighted by molar-refractivity contribution is -0.150. The molecule has 0 fully saturated rings. The van der Waals surface area contributed by atoms with E-state index in [-0.39, 0.29) is 25.2 Å². The van der Waals surface area contributed by atoms with E-state index in [0.717, 1.165) is 36.0 Å². The van der Waals surface area contributed by atoms with Crippen molar-refractivity contribution in [3.8, 4) is 5.75 Å². The molecular formula is C22H25NO4. The van der Waals surface area contributed by atoms with Crippen LogP contribution in [0.2, 0.25) is 0 Å². The zero-order valence-electron chi connectivity index (χ0n) is 15.8. The van der Waals surface area contributed by atoms with Crippen molar-refractivity contribution in [1.82, 2.24) is 5.32 Å². The highest BCUT2D eigenvalue weighted by Gasteiger charge is 2.21. The van der Waals surface area contributed by atoms with E-state index < -0.39 is 5.97 Å². The number of nitrogens with one attached hydrogen (secondary N) is 1. The van der Waals surface area contributed by atoms with Crippen molar-refractivity contribution in [2.24, 2.45) is 0 Å². The molecule has 2 aromatic carbocycles. The van der Waals surface area contributed by atoms with Crippen LogP contribution in [0.3, 0.4) is 0 Å². The molecule has 0 aliphatic heterocycles. The van der Waals surface area contributed by atoms with E-state index in [0.29, 0.717) is 5.75 Å². The first-order valence-electron chi connectivity index (χ1n) is 9.26. The second-order valence-electron chi connectivity index (χ2n) is 6.88. The van der Waals surface area contributed by atoms with Crippen LogP contribution in [0.4, 0.5) is 0 Å². The Bertz CT molecular complexity index is 811. The van der Waals surface area contributed by atoms with E-state index in [1.54, 1.807) is 0 Å². The molecule has 5 heteroatoms. The maximum Gasteiger partial charge on any atom is 0.344 e. The van der Waals surface area contributed by atoms with Gasteiger partial charge in [0, 0.05) is 0 Å². The molecule has 0 radical (unpaired) electrons. The zero-order chi connectivity index (χ0) is 19.2. The fourth-order valence-electron chi connectivity index (χ4n) is 3.49. The topological polar surface area (TPSA) is 64.6 Å². The van der Waals surface area contributed by atoms with Gasteiger partial charge in [-0.2, -0.15) is 0 Å². The van der Waals surface area contributed by atoms with E-state index in [9.17, 15) is 9.59 Å². The van der Waals surface area contributed by atoms with Gasteiger partial charge in [0.2, 0.25) is 0 Å². The monoisotopic (exact) mass is 367 g/mol. The highest BCUT2D eigenvalue weighted by Crippen LogP contribution is 2.29. The fraction of sp³-hybridized carbons (Fsp3) is 0.364. The number of esters is 1. The summed E-state index contributed by atoms with van der Waals surface area (Å²) in [6.07, 6.45) is 2.96. The molecule has 1 atom stereocenters. The number of fused-ring (bicyclic) bond motifs is 1. The molecule has 1 aliphatic rings. The Hall–Kier alpha value is -2.82. The molecule has 142 valence electrons. The van der Waals surface area contributed by atoms with Gasteiger partial charge < -0.3 is 14.8 Å². The molecule has 3 rings (SSSR count). The van der Waals surface area contributed by atoms with Crippen molar-refractivity contribution in [3.63, 3.8) is 0 Å². The molecule has 27 heavy (non-hydrogen) atoms. The summed E-state index contributed by atoms with van der Waals surface area (Å²) in [5, 5.41) is 2.97. The van der Waals surface area contributed by atoms with E-state index >= 15 is 0 Å². The minimum Gasteiger partial charge on any atom is -0.481 e. The van der Waals surface area contributed by atoms with E-state index in [1.807, 2.05) is 50.2 Å². The molecular weight excluding hydrogens is 342 g/mol. The zero-order valence-corrected chi connectivity index (χ0v) is 15.8. The Morgan fingerprint density at radius 3 is 2.56 bits per heavy atom. The first kappa shape index (κ1) is 19.0. The summed E-state index contributed by atoms with van der Waals surface area (Å²) in [5.74, 6) is -0.174. The van der Waals surface area contributed by atoms with Gasteiger partial charge in [0.05, 0.1) is 6.04 Å². The van der Waals surface area contributed by atoms with Crippen molar-refractivity contribution in [2.45, 2.75) is 39.2 Å². The number of ether oxygens (including phenoxy) is 2. The van der Waals surface area contributed by atoms with Gasteiger partial charge in [-0.05, 0) is 55.4 Å². The van der Waals surface area contributed by atoms with Gasteiger partial charge in [0.25, 0.3) is 5.91 Å². The van der Waals surface area contributed by atoms with Gasteiger partial charge in [-0.15, -0.1) is 0 Å². The summed E-state index contributed by atoms with van der Waals surface area (Å²) in [4.78, 5) is 24.1. The number of carbonyl (C=O) groups excluding carboxylic acids is 2. The van der Waals surface area contributed by atoms with Crippen LogP contribution in [-0.4, -0.2) is 25.1 Å². The number of hydrogen-bond acceptors (Lipinski definition) is 4. The number of rotatable bonds is 6. The number of para-hydroxylation sites is 1. The fourth-order valence-corrected chi connectivity index (χ4v) is 3.49. The lowest BCUT2D eigenvalue weighted by Crippen LogP contribution is -2.34. The second-order valence-corrected chi connectivity index (χ2v) is 6.88. The summed E-state index contributed by atoms with van der Waals surface area (Å²) >= 11 is 0. The van der Waals surface area contributed by atoms with Gasteiger partial charge in [0.15, 0.2) is 13.2 Å². The number of benzene rings is 2. The summed E-state index contributed by atoms with van der Waals surface area (Å²) in [6, 6.07) is 13.9. The molecule has 2 aromatic rings. The minimum absolute atomic E-state index is 0.0213. The SMILES string of the molecule is Cc1cccc(C)c1OCC(=O)OCC(=O)N[C@@H]1CCCc2ccccc21. The van der Waals surface area contributed by atoms with Crippen LogP contribution in [-0.2, 0) is 20.7 Å². The van der Waals surface area contributed by atoms with Gasteiger partial charge >= 0.3 is 5.97 Å². The maximum absolute atomic E-state index is 12.2. The average Bonchev–Trinajstić information content (AvgIpc) is 2.66. The minimum atomic E-state index is -0.558. The largest absolute Gasteiger partial charge is 0.481 e. The van der Waals surface area contributed by atoms with Gasteiger partial charge in [-0.3, -0.25) is 4.79 Å². The molecule has 0 unspecified atom stereocenters. The van der Waals surface area contributed by atoms with Crippen molar-refractivity contribution in [3.05, 3.63) is 64.7 Å². The lowest BCUT2D eigenvalue weighted by Gasteiger charge is -2.26. The number of carbonyl (C=O) groups is 2. The van der Waals surface area contributed by atoms with Crippen molar-refractivity contribution < 1.29 is 19.1 Å². The Morgan fingerprint density at radius 2 is 1.78 bits per heavy atom. The van der Waals surface area contributed by atoms with E-state index in [4.69, 9.17) is 9.47 Å². The first-order chi connectivity index (χ1) is 13.0. The highest BCUT2D eigenvalue weighted by molar-refractivity contribution is 5.81. The Morgan fingerprint density at radius 1 is 1.04 bits per heavy atom. The van der Waals surface area contributed by atoms with Crippen LogP contribution in [0.25, 0.3) is 0 Å². The van der Waals surface area contributed by atoms with Crippen molar-refractivity contribution in [2.75, 3.05) is 13.2 Å². The number of amides is 1. The van der Waals surface area contributed by atoms with Crippen molar-refractivity contribution in [1.29, 1.82) is 0 Å². The summed E-state index contributed by atoms with van der Waals surface area (Å²) < 4.78 is 10.6. The smallest absolute Gasteiger partial charge is 0.344 e. The van der Waals surface area contributed by atoms with Crippen LogP contribution < -0.4 is 10.1 Å². The van der Waals surface area contributed by atoms with Crippen LogP contribution >= 0.6 is 0 Å². The molecule has 0 heterocycles. The molecule has 0 aromatic heterocycles. The van der Waals surface area contributed by atoms with Gasteiger partial charge in [0.1, 0.15) is 5.75 Å². The average molecular weight is 367 g/mol. The molecule has 1 amide bonds. The third-order valence-electron chi connectivity index (χ3n) is 4.81. The van der Waals surface area contributed by atoms with Crippen LogP contribution in [0.1, 0.15) is 41.1 Å². The van der Waals surface area contributed by atoms with E-state index in [1.165, 1.54) is 5.56 Å². The normalized spacial score (nSPS) is 15.6. The Balaban J connectivity index is 1.46. The molecule has 0 spiro atoms. The molecule has 0 bridgehead atoms. The van der Waals surface area contributed by atoms with Crippen LogP contribution in [0.15, 0.2) is 42.5 Å². The summed E-state index contributed by atoms with van der Waals surface area (Å²) in [5.41, 5.74) is 4.34. The first-order valence-corrected chi connectivity index (χ1v) is 9.26. The van der Waals surface area contributed by atoms with Gasteiger partial charge in [-0.25, -0.2) is 4.79 Å². The lowest BCUT2D eigenvalue weighted by atomic mass is 9.88. The third-order valence-corrected chi connectivity index (χ3v) is 4.81. The maximum atomic E-state index is 12.2. The number of hydrogen-bond donors (Lipinski definition) is 1. The van der Waals surface area contributed by atoms with Crippen LogP contribution in [0.5, 0.6) is 5.75 Å². The van der Waals surface area contributed by atoms with Crippen LogP contribution in [0, 0.1) is 13.8 Å². The molecule has 1 aliphatic carbocycles. The Kier molecular flexibility index (Phi) is 6.12. The molecule has 0 saturated carbocycles. The number of aryl methyl sites for hydroxylation is 3. The van der Waals surface area contributed by atoms with Gasteiger partial charge in [-0.1, -0.05) is 42.5 Å².